The monoisotopic (exact) mass is 347 g/mol. The Morgan fingerprint density at radius 3 is 2.77 bits per heavy atom. The van der Waals surface area contributed by atoms with E-state index in [1.165, 1.54) is 5.56 Å². The van der Waals surface area contributed by atoms with Crippen molar-refractivity contribution in [3.63, 3.8) is 0 Å². The fourth-order valence-electron chi connectivity index (χ4n) is 3.25. The van der Waals surface area contributed by atoms with Gasteiger partial charge in [-0.15, -0.1) is 0 Å². The molecule has 1 aliphatic rings. The lowest BCUT2D eigenvalue weighted by atomic mass is 10.1. The summed E-state index contributed by atoms with van der Waals surface area (Å²) >= 11 is 0. The number of pyridine rings is 1. The Morgan fingerprint density at radius 1 is 1.08 bits per heavy atom. The molecule has 1 saturated heterocycles. The van der Waals surface area contributed by atoms with Crippen LogP contribution < -0.4 is 5.32 Å². The van der Waals surface area contributed by atoms with E-state index in [0.717, 1.165) is 49.4 Å². The number of carbonyl (C=O) groups excluding carboxylic acids is 1. The largest absolute Gasteiger partial charge is 0.379 e. The smallest absolute Gasteiger partial charge is 0.257 e. The summed E-state index contributed by atoms with van der Waals surface area (Å²) in [6.07, 6.45) is 1.71. The van der Waals surface area contributed by atoms with Gasteiger partial charge in [-0.3, -0.25) is 14.7 Å². The standard InChI is InChI=1S/C21H21N3O2/c25-21(19-8-2-5-17-6-3-9-22-20(17)19)23-18-7-1-4-16(14-18)15-24-10-12-26-13-11-24/h1-9,14H,10-13,15H2,(H,23,25). The number of hydrogen-bond donors (Lipinski definition) is 1. The van der Waals surface area contributed by atoms with Crippen LogP contribution in [0.3, 0.4) is 0 Å². The fourth-order valence-corrected chi connectivity index (χ4v) is 3.25. The normalized spacial score (nSPS) is 15.1. The molecule has 0 saturated carbocycles. The molecule has 26 heavy (non-hydrogen) atoms. The van der Waals surface area contributed by atoms with Crippen LogP contribution in [0.25, 0.3) is 10.9 Å². The van der Waals surface area contributed by atoms with E-state index in [1.807, 2.05) is 48.5 Å². The zero-order valence-corrected chi connectivity index (χ0v) is 14.5. The van der Waals surface area contributed by atoms with Crippen LogP contribution in [0.15, 0.2) is 60.8 Å². The Kier molecular flexibility index (Phi) is 4.91. The van der Waals surface area contributed by atoms with Crippen LogP contribution in [0.5, 0.6) is 0 Å². The van der Waals surface area contributed by atoms with Crippen LogP contribution in [-0.4, -0.2) is 42.1 Å². The second kappa shape index (κ2) is 7.64. The number of fused-ring (bicyclic) bond motifs is 1. The molecule has 0 radical (unpaired) electrons. The van der Waals surface area contributed by atoms with E-state index in [2.05, 4.69) is 21.3 Å². The minimum Gasteiger partial charge on any atom is -0.379 e. The molecule has 2 heterocycles. The first-order valence-electron chi connectivity index (χ1n) is 8.84. The summed E-state index contributed by atoms with van der Waals surface area (Å²) in [6, 6.07) is 17.5. The molecule has 4 rings (SSSR count). The van der Waals surface area contributed by atoms with Crippen LogP contribution in [0, 0.1) is 0 Å². The van der Waals surface area contributed by atoms with Gasteiger partial charge in [-0.05, 0) is 29.8 Å². The van der Waals surface area contributed by atoms with Gasteiger partial charge in [-0.25, -0.2) is 0 Å². The lowest BCUT2D eigenvalue weighted by Crippen LogP contribution is -2.35. The number of benzene rings is 2. The molecule has 0 bridgehead atoms. The van der Waals surface area contributed by atoms with Crippen molar-refractivity contribution in [2.45, 2.75) is 6.54 Å². The average Bonchev–Trinajstić information content (AvgIpc) is 2.68. The third-order valence-corrected chi connectivity index (χ3v) is 4.57. The van der Waals surface area contributed by atoms with Crippen LogP contribution in [-0.2, 0) is 11.3 Å². The zero-order chi connectivity index (χ0) is 17.8. The number of rotatable bonds is 4. The third-order valence-electron chi connectivity index (χ3n) is 4.57. The highest BCUT2D eigenvalue weighted by Gasteiger charge is 2.13. The van der Waals surface area contributed by atoms with E-state index in [1.54, 1.807) is 6.20 Å². The Labute approximate surface area is 152 Å². The first-order valence-corrected chi connectivity index (χ1v) is 8.84. The Morgan fingerprint density at radius 2 is 1.88 bits per heavy atom. The quantitative estimate of drug-likeness (QED) is 0.787. The highest BCUT2D eigenvalue weighted by Crippen LogP contribution is 2.19. The maximum atomic E-state index is 12.8. The molecule has 0 spiro atoms. The van der Waals surface area contributed by atoms with E-state index >= 15 is 0 Å². The number of ether oxygens (including phenoxy) is 1. The van der Waals surface area contributed by atoms with Crippen molar-refractivity contribution in [1.29, 1.82) is 0 Å². The van der Waals surface area contributed by atoms with Crippen LogP contribution in [0.2, 0.25) is 0 Å². The predicted octanol–water partition coefficient (Wildman–Crippen LogP) is 3.32. The molecule has 1 amide bonds. The second-order valence-corrected chi connectivity index (χ2v) is 6.42. The van der Waals surface area contributed by atoms with Gasteiger partial charge in [-0.1, -0.05) is 30.3 Å². The summed E-state index contributed by atoms with van der Waals surface area (Å²) in [5.41, 5.74) is 3.29. The van der Waals surface area contributed by atoms with Crippen molar-refractivity contribution in [2.24, 2.45) is 0 Å². The topological polar surface area (TPSA) is 54.5 Å². The van der Waals surface area contributed by atoms with E-state index in [4.69, 9.17) is 4.74 Å². The fraction of sp³-hybridized carbons (Fsp3) is 0.238. The van der Waals surface area contributed by atoms with Crippen molar-refractivity contribution in [3.05, 3.63) is 71.9 Å². The van der Waals surface area contributed by atoms with Crippen LogP contribution in [0.4, 0.5) is 5.69 Å². The van der Waals surface area contributed by atoms with Crippen molar-refractivity contribution >= 4 is 22.5 Å². The summed E-state index contributed by atoms with van der Waals surface area (Å²) < 4.78 is 5.39. The first-order chi connectivity index (χ1) is 12.8. The molecular weight excluding hydrogens is 326 g/mol. The highest BCUT2D eigenvalue weighted by molar-refractivity contribution is 6.11. The number of morpholine rings is 1. The van der Waals surface area contributed by atoms with Gasteiger partial charge in [0.15, 0.2) is 0 Å². The molecule has 5 nitrogen and oxygen atoms in total. The number of para-hydroxylation sites is 1. The van der Waals surface area contributed by atoms with Crippen LogP contribution in [0.1, 0.15) is 15.9 Å². The average molecular weight is 347 g/mol. The van der Waals surface area contributed by atoms with Crippen molar-refractivity contribution in [1.82, 2.24) is 9.88 Å². The molecule has 1 aliphatic heterocycles. The minimum absolute atomic E-state index is 0.141. The van der Waals surface area contributed by atoms with Gasteiger partial charge in [0.05, 0.1) is 24.3 Å². The highest BCUT2D eigenvalue weighted by atomic mass is 16.5. The summed E-state index contributed by atoms with van der Waals surface area (Å²) in [6.45, 7) is 4.31. The molecule has 3 aromatic rings. The second-order valence-electron chi connectivity index (χ2n) is 6.42. The van der Waals surface area contributed by atoms with E-state index < -0.39 is 0 Å². The molecule has 5 heteroatoms. The summed E-state index contributed by atoms with van der Waals surface area (Å²) in [5, 5.41) is 3.97. The SMILES string of the molecule is O=C(Nc1cccc(CN2CCOCC2)c1)c1cccc2cccnc12. The van der Waals surface area contributed by atoms with Crippen molar-refractivity contribution < 1.29 is 9.53 Å². The Hall–Kier alpha value is -2.76. The maximum Gasteiger partial charge on any atom is 0.257 e. The lowest BCUT2D eigenvalue weighted by Gasteiger charge is -2.26. The van der Waals surface area contributed by atoms with Gasteiger partial charge in [0, 0.05) is 36.9 Å². The van der Waals surface area contributed by atoms with Gasteiger partial charge in [-0.2, -0.15) is 0 Å². The van der Waals surface area contributed by atoms with E-state index in [0.29, 0.717) is 5.56 Å². The number of carbonyl (C=O) groups is 1. The molecule has 0 unspecified atom stereocenters. The van der Waals surface area contributed by atoms with Gasteiger partial charge in [0.25, 0.3) is 5.91 Å². The summed E-state index contributed by atoms with van der Waals surface area (Å²) in [4.78, 5) is 19.5. The molecule has 1 fully saturated rings. The van der Waals surface area contributed by atoms with Crippen molar-refractivity contribution in [3.8, 4) is 0 Å². The zero-order valence-electron chi connectivity index (χ0n) is 14.5. The number of anilines is 1. The number of nitrogens with one attached hydrogen (secondary N) is 1. The molecule has 0 aliphatic carbocycles. The lowest BCUT2D eigenvalue weighted by molar-refractivity contribution is 0.0342. The van der Waals surface area contributed by atoms with Crippen LogP contribution >= 0.6 is 0 Å². The molecule has 2 aromatic carbocycles. The number of aromatic nitrogens is 1. The van der Waals surface area contributed by atoms with Gasteiger partial charge in [0.2, 0.25) is 0 Å². The third kappa shape index (κ3) is 3.74. The molecule has 1 aromatic heterocycles. The van der Waals surface area contributed by atoms with Crippen molar-refractivity contribution in [2.75, 3.05) is 31.6 Å². The number of amides is 1. The molecule has 132 valence electrons. The summed E-state index contributed by atoms with van der Waals surface area (Å²) in [7, 11) is 0. The number of nitrogens with zero attached hydrogens (tertiary/aromatic N) is 2. The molecule has 0 atom stereocenters. The predicted molar refractivity (Wildman–Crippen MR) is 102 cm³/mol. The molecular formula is C21H21N3O2. The van der Waals surface area contributed by atoms with Gasteiger partial charge < -0.3 is 10.1 Å². The van der Waals surface area contributed by atoms with Gasteiger partial charge in [0.1, 0.15) is 0 Å². The molecule has 1 N–H and O–H groups in total. The van der Waals surface area contributed by atoms with Gasteiger partial charge >= 0.3 is 0 Å². The van der Waals surface area contributed by atoms with E-state index in [9.17, 15) is 4.79 Å². The maximum absolute atomic E-state index is 12.8. The Balaban J connectivity index is 1.51. The Bertz CT molecular complexity index is 915. The first kappa shape index (κ1) is 16.7. The number of hydrogen-bond acceptors (Lipinski definition) is 4. The van der Waals surface area contributed by atoms with E-state index in [-0.39, 0.29) is 5.91 Å². The minimum atomic E-state index is -0.141. The summed E-state index contributed by atoms with van der Waals surface area (Å²) in [5.74, 6) is -0.141.